The molecule has 658 valence electrons. The van der Waals surface area contributed by atoms with Crippen molar-refractivity contribution in [1.29, 1.82) is 0 Å². The maximum atomic E-state index is 9.90. The van der Waals surface area contributed by atoms with Gasteiger partial charge in [-0.15, -0.1) is 0 Å². The van der Waals surface area contributed by atoms with Gasteiger partial charge in [-0.25, -0.2) is 24.9 Å². The molecule has 10 aromatic heterocycles. The lowest BCUT2D eigenvalue weighted by atomic mass is 10.1. The first-order valence-corrected chi connectivity index (χ1v) is 40.9. The number of nitrogens with one attached hydrogen (secondary N) is 8. The number of aliphatic hydroxyl groups excluding tert-OH is 4. The Hall–Kier alpha value is -10.6. The van der Waals surface area contributed by atoms with E-state index in [1.807, 2.05) is 103 Å². The van der Waals surface area contributed by atoms with Crippen molar-refractivity contribution in [3.63, 3.8) is 0 Å². The predicted molar refractivity (Wildman–Crippen MR) is 445 cm³/mol. The molecule has 0 radical (unpaired) electrons. The highest BCUT2D eigenvalue weighted by atomic mass is 35.5. The summed E-state index contributed by atoms with van der Waals surface area (Å²) in [5.74, 6) is 5.57. The zero-order valence-corrected chi connectivity index (χ0v) is 70.2. The van der Waals surface area contributed by atoms with Crippen LogP contribution in [0.1, 0.15) is 18.9 Å². The summed E-state index contributed by atoms with van der Waals surface area (Å²) in [5, 5.41) is 86.3. The second-order valence-corrected chi connectivity index (χ2v) is 31.7. The lowest BCUT2D eigenvalue weighted by Crippen LogP contribution is -2.43. The Morgan fingerprint density at radius 3 is 1.26 bits per heavy atom. The van der Waals surface area contributed by atoms with Crippen LogP contribution in [0.25, 0.3) is 0 Å². The van der Waals surface area contributed by atoms with Crippen LogP contribution in [0.4, 0.5) is 87.3 Å². The van der Waals surface area contributed by atoms with Gasteiger partial charge in [0.25, 0.3) is 0 Å². The van der Waals surface area contributed by atoms with Crippen molar-refractivity contribution in [3.8, 4) is 0 Å². The molecule has 20 rings (SSSR count). The van der Waals surface area contributed by atoms with Gasteiger partial charge in [-0.1, -0.05) is 30.1 Å². The van der Waals surface area contributed by atoms with Crippen LogP contribution in [-0.4, -0.2) is 328 Å². The van der Waals surface area contributed by atoms with E-state index in [1.54, 1.807) is 91.4 Å². The molecule has 0 saturated carbocycles. The molecule has 0 bridgehead atoms. The Bertz CT molecular complexity index is 5150. The molecule has 10 aromatic rings. The van der Waals surface area contributed by atoms with E-state index < -0.39 is 24.4 Å². The third-order valence-corrected chi connectivity index (χ3v) is 22.4. The zero-order valence-electron chi connectivity index (χ0n) is 68.7. The number of hydrogen-bond donors (Lipinski definition) is 12. The molecule has 10 aliphatic heterocycles. The average molecular weight is 1740 g/mol. The van der Waals surface area contributed by atoms with E-state index in [9.17, 15) is 20.4 Å². The Morgan fingerprint density at radius 1 is 0.398 bits per heavy atom. The fraction of sp³-hybridized carbons (Fsp3) is 0.539. The largest absolute Gasteiger partial charge is 0.388 e. The van der Waals surface area contributed by atoms with Crippen LogP contribution >= 0.6 is 23.2 Å². The van der Waals surface area contributed by atoms with Crippen LogP contribution in [0.2, 0.25) is 10.0 Å². The minimum absolute atomic E-state index is 0.00768. The molecule has 123 heavy (non-hydrogen) atoms. The number of aromatic nitrogens is 20. The molecule has 10 aliphatic rings. The van der Waals surface area contributed by atoms with E-state index in [-0.39, 0.29) is 104 Å². The quantitative estimate of drug-likeness (QED) is 0.0438. The summed E-state index contributed by atoms with van der Waals surface area (Å²) >= 11 is 12.6. The number of likely N-dealkylation sites (N-methyl/N-ethyl adjacent to an activating group) is 2. The fourth-order valence-corrected chi connectivity index (χ4v) is 16.0. The molecule has 10 saturated heterocycles. The van der Waals surface area contributed by atoms with E-state index >= 15 is 0 Å². The lowest BCUT2D eigenvalue weighted by molar-refractivity contribution is -0.0307. The van der Waals surface area contributed by atoms with Gasteiger partial charge in [-0.2, -0.15) is 50.4 Å². The van der Waals surface area contributed by atoms with E-state index in [4.69, 9.17) is 75.3 Å². The second kappa shape index (κ2) is 38.7. The molecule has 20 heterocycles. The molecule has 0 amide bonds. The summed E-state index contributed by atoms with van der Waals surface area (Å²) in [5.41, 5.74) is 4.96. The number of fused-ring (bicyclic) bond motifs is 5. The normalized spacial score (nSPS) is 28.4. The molecule has 20 unspecified atom stereocenters. The van der Waals surface area contributed by atoms with Crippen molar-refractivity contribution in [1.82, 2.24) is 98.7 Å². The van der Waals surface area contributed by atoms with Crippen LogP contribution in [-0.2, 0) is 87.3 Å². The van der Waals surface area contributed by atoms with Gasteiger partial charge in [0.15, 0.2) is 11.6 Å². The Labute approximate surface area is 715 Å². The number of halogens is 2. The summed E-state index contributed by atoms with van der Waals surface area (Å²) in [6.45, 7) is 8.88. The molecule has 20 atom stereocenters. The van der Waals surface area contributed by atoms with E-state index in [0.29, 0.717) is 123 Å². The summed E-state index contributed by atoms with van der Waals surface area (Å²) < 4.78 is 71.3. The summed E-state index contributed by atoms with van der Waals surface area (Å²) in [6.07, 6.45) is 22.7. The Balaban J connectivity index is 0.000000114. The number of rotatable bonds is 23. The van der Waals surface area contributed by atoms with Crippen molar-refractivity contribution in [2.75, 3.05) is 139 Å². The lowest BCUT2D eigenvalue weighted by Gasteiger charge is -2.28. The third-order valence-electron chi connectivity index (χ3n) is 21.8. The van der Waals surface area contributed by atoms with E-state index in [2.05, 4.69) is 125 Å². The SMILES string of the molecule is CCCOC1COC2C(Nc3nc(Nc4cnn(C)c4)ncc3Cl)COC12.CN(c1ccnc(Nc2cnn(C)c2)n1)C1COC2C(O)COC21.CN(c1nc(Nc2cnn(C)c2)ncc1Cl)C1COC2C(O)COC21.Cc1cnc(Nc2cnn(C)c2)nc1NC1COC2C(O)COC12.Cn1cc(Nc2nccc(NC3COC4C(O)COC34)n2)cn1. The number of aliphatic hydroxyl groups is 4. The number of hydrogen-bond acceptors (Lipinski definition) is 40. The van der Waals surface area contributed by atoms with Crippen molar-refractivity contribution in [2.24, 2.45) is 35.2 Å². The van der Waals surface area contributed by atoms with Crippen LogP contribution < -0.4 is 52.3 Å². The van der Waals surface area contributed by atoms with Crippen LogP contribution in [0.5, 0.6) is 0 Å². The Kier molecular flexibility index (Phi) is 27.0. The van der Waals surface area contributed by atoms with Gasteiger partial charge in [-0.3, -0.25) is 23.4 Å². The van der Waals surface area contributed by atoms with Crippen molar-refractivity contribution in [2.45, 2.75) is 142 Å². The average Bonchev–Trinajstić information content (AvgIpc) is 1.71. The molecular formula is C76H100Cl2N30O15. The highest BCUT2D eigenvalue weighted by Gasteiger charge is 2.53. The summed E-state index contributed by atoms with van der Waals surface area (Å²) in [7, 11) is 13.0. The third kappa shape index (κ3) is 20.5. The topological polar surface area (TPSA) is 503 Å². The van der Waals surface area contributed by atoms with Gasteiger partial charge in [0.05, 0.1) is 168 Å². The second-order valence-electron chi connectivity index (χ2n) is 30.9. The minimum Gasteiger partial charge on any atom is -0.388 e. The standard InChI is InChI=1S/C17H23ClN6O3.C15H19ClN6O3.2C15H20N6O3.C14H18N6O3/c1-3-4-25-13-9-27-14-12(8-26-15(13)14)22-16-11(18)6-19-17(23-16)21-10-5-20-24(2)7-10;1-21-5-8(3-18-21)19-15-17-4-9(16)14(20-15)22(2)10-6-24-13-11(23)7-25-12(10)13;1-8-3-16-15(18-9-4-17-21(2)5-9)20-14(8)19-10-6-23-13-11(22)7-24-12(10)13;1-20-6-9(5-17-20)18-15-16-4-3-12(19-15)21(2)10-7-23-14-11(22)8-24-13(10)14;1-20-5-8(4-16-20)17-14-15-3-2-11(19-14)18-9-6-22-13-10(21)7-23-12(9)13/h5-7,12-15H,3-4,8-9H2,1-2H3,(H2,19,21,22,23);3-5,10-13,23H,6-7H2,1-2H3,(H,17,19,20);3-5,10-13,22H,6-7H2,1-2H3,(H2,16,18,19,20);3-6,10-11,13-14,22H,7-8H2,1-2H3,(H,16,18,19);2-5,9-10,12-13,21H,6-7H2,1H3,(H2,15,17,18,19). The van der Waals surface area contributed by atoms with Gasteiger partial charge in [-0.05, 0) is 25.5 Å². The van der Waals surface area contributed by atoms with Crippen LogP contribution in [0.15, 0.2) is 105 Å². The summed E-state index contributed by atoms with van der Waals surface area (Å²) in [4.78, 5) is 47.6. The maximum absolute atomic E-state index is 9.90. The number of anilines is 15. The van der Waals surface area contributed by atoms with Gasteiger partial charge in [0.1, 0.15) is 119 Å². The van der Waals surface area contributed by atoms with Crippen LogP contribution in [0, 0.1) is 6.92 Å². The zero-order chi connectivity index (χ0) is 85.5. The highest BCUT2D eigenvalue weighted by Crippen LogP contribution is 2.38. The first kappa shape index (κ1) is 86.0. The molecule has 0 spiro atoms. The van der Waals surface area contributed by atoms with Gasteiger partial charge >= 0.3 is 0 Å². The minimum atomic E-state index is -0.591. The van der Waals surface area contributed by atoms with Crippen molar-refractivity contribution in [3.05, 3.63) is 121 Å². The number of nitrogens with zero attached hydrogens (tertiary/aromatic N) is 22. The van der Waals surface area contributed by atoms with Crippen LogP contribution in [0.3, 0.4) is 0 Å². The molecule has 10 fully saturated rings. The number of ether oxygens (including phenoxy) is 11. The van der Waals surface area contributed by atoms with Gasteiger partial charge < -0.3 is 125 Å². The molecule has 0 aromatic carbocycles. The maximum Gasteiger partial charge on any atom is 0.229 e. The monoisotopic (exact) mass is 1740 g/mol. The van der Waals surface area contributed by atoms with Gasteiger partial charge in [0.2, 0.25) is 29.7 Å². The smallest absolute Gasteiger partial charge is 0.229 e. The first-order chi connectivity index (χ1) is 59.6. The molecule has 45 nitrogen and oxygen atoms in total. The van der Waals surface area contributed by atoms with E-state index in [0.717, 1.165) is 52.1 Å². The van der Waals surface area contributed by atoms with Crippen molar-refractivity contribution >= 4 is 110 Å². The molecule has 0 aliphatic carbocycles. The molecular weight excluding hydrogens is 1640 g/mol. The summed E-state index contributed by atoms with van der Waals surface area (Å²) in [6, 6.07) is 3.41. The fourth-order valence-electron chi connectivity index (χ4n) is 15.7. The Morgan fingerprint density at radius 2 is 0.772 bits per heavy atom. The van der Waals surface area contributed by atoms with E-state index in [1.165, 1.54) is 0 Å². The molecule has 47 heteroatoms. The predicted octanol–water partition coefficient (Wildman–Crippen LogP) is 2.56. The highest BCUT2D eigenvalue weighted by molar-refractivity contribution is 6.33. The first-order valence-electron chi connectivity index (χ1n) is 40.2. The van der Waals surface area contributed by atoms with Crippen molar-refractivity contribution < 1.29 is 72.5 Å². The number of aryl methyl sites for hydroxylation is 6. The van der Waals surface area contributed by atoms with Gasteiger partial charge in [0, 0.05) is 111 Å². The molecule has 12 N–H and O–H groups in total.